The zero-order chi connectivity index (χ0) is 19.1. The highest BCUT2D eigenvalue weighted by Gasteiger charge is 2.32. The minimum Gasteiger partial charge on any atom is -0.491 e. The molecular weight excluding hydrogens is 351 g/mol. The number of halogens is 1. The van der Waals surface area contributed by atoms with Gasteiger partial charge in [0.15, 0.2) is 0 Å². The van der Waals surface area contributed by atoms with Crippen molar-refractivity contribution in [2.45, 2.75) is 44.2 Å². The molecule has 27 heavy (non-hydrogen) atoms. The summed E-state index contributed by atoms with van der Waals surface area (Å²) in [4.78, 5) is 18.1. The van der Waals surface area contributed by atoms with Crippen LogP contribution in [0.5, 0.6) is 5.75 Å². The van der Waals surface area contributed by atoms with Gasteiger partial charge in [-0.05, 0) is 49.9 Å². The van der Waals surface area contributed by atoms with Crippen LogP contribution in [0.3, 0.4) is 0 Å². The molecule has 1 atom stereocenters. The summed E-state index contributed by atoms with van der Waals surface area (Å²) in [6.07, 6.45) is 6.02. The van der Waals surface area contributed by atoms with Gasteiger partial charge in [-0.25, -0.2) is 9.37 Å². The van der Waals surface area contributed by atoms with Gasteiger partial charge in [-0.2, -0.15) is 5.10 Å². The average molecular weight is 376 g/mol. The molecule has 1 aliphatic rings. The third-order valence-corrected chi connectivity index (χ3v) is 4.84. The third kappa shape index (κ3) is 5.75. The molecule has 1 saturated heterocycles. The van der Waals surface area contributed by atoms with Crippen molar-refractivity contribution in [2.24, 2.45) is 0 Å². The molecule has 146 valence electrons. The number of hydrogen-bond acceptors (Lipinski definition) is 5. The van der Waals surface area contributed by atoms with Crippen LogP contribution in [0.4, 0.5) is 4.39 Å². The van der Waals surface area contributed by atoms with Crippen LogP contribution in [-0.2, 0) is 11.3 Å². The highest BCUT2D eigenvalue weighted by molar-refractivity contribution is 5.76. The second kappa shape index (κ2) is 8.94. The maximum absolute atomic E-state index is 12.9. The predicted octanol–water partition coefficient (Wildman–Crippen LogP) is 2.02. The first-order chi connectivity index (χ1) is 13.0. The topological polar surface area (TPSA) is 80.5 Å². The normalized spacial score (nSPS) is 20.3. The van der Waals surface area contributed by atoms with Crippen molar-refractivity contribution in [1.29, 1.82) is 0 Å². The van der Waals surface area contributed by atoms with Gasteiger partial charge in [0.05, 0.1) is 0 Å². The number of ether oxygens (including phenoxy) is 1. The molecule has 7 nitrogen and oxygen atoms in total. The molecule has 1 aromatic carbocycles. The van der Waals surface area contributed by atoms with Crippen molar-refractivity contribution < 1.29 is 19.0 Å². The minimum absolute atomic E-state index is 0.0961. The van der Waals surface area contributed by atoms with Gasteiger partial charge in [-0.1, -0.05) is 0 Å². The Morgan fingerprint density at radius 2 is 2.07 bits per heavy atom. The van der Waals surface area contributed by atoms with Crippen LogP contribution < -0.4 is 4.74 Å². The summed E-state index contributed by atoms with van der Waals surface area (Å²) >= 11 is 0. The van der Waals surface area contributed by atoms with E-state index in [1.807, 2.05) is 4.90 Å². The summed E-state index contributed by atoms with van der Waals surface area (Å²) in [7, 11) is 0. The predicted molar refractivity (Wildman–Crippen MR) is 96.5 cm³/mol. The number of amides is 1. The Morgan fingerprint density at radius 3 is 2.81 bits per heavy atom. The van der Waals surface area contributed by atoms with Gasteiger partial charge in [0.1, 0.15) is 36.4 Å². The Kier molecular flexibility index (Phi) is 6.39. The Bertz CT molecular complexity index is 723. The lowest BCUT2D eigenvalue weighted by Gasteiger charge is -2.27. The van der Waals surface area contributed by atoms with Crippen molar-refractivity contribution in [2.75, 3.05) is 19.7 Å². The quantitative estimate of drug-likeness (QED) is 0.800. The van der Waals surface area contributed by atoms with Gasteiger partial charge in [-0.15, -0.1) is 0 Å². The van der Waals surface area contributed by atoms with E-state index in [1.165, 1.54) is 18.5 Å². The fraction of sp³-hybridized carbons (Fsp3) is 0.526. The second-order valence-electron chi connectivity index (χ2n) is 6.96. The van der Waals surface area contributed by atoms with Crippen molar-refractivity contribution >= 4 is 5.91 Å². The van der Waals surface area contributed by atoms with E-state index in [1.54, 1.807) is 23.1 Å². The van der Waals surface area contributed by atoms with Crippen LogP contribution in [0.1, 0.15) is 32.1 Å². The molecule has 1 fully saturated rings. The Hall–Kier alpha value is -2.48. The van der Waals surface area contributed by atoms with E-state index in [-0.39, 0.29) is 18.3 Å². The second-order valence-corrected chi connectivity index (χ2v) is 6.96. The SMILES string of the molecule is O=C(CCCn1cncn1)N1CCCC(O)(COc2ccc(F)cc2)CC1. The number of carbonyl (C=O) groups excluding carboxylic acids is 1. The van der Waals surface area contributed by atoms with Gasteiger partial charge in [0, 0.05) is 26.1 Å². The first-order valence-electron chi connectivity index (χ1n) is 9.25. The summed E-state index contributed by atoms with van der Waals surface area (Å²) < 4.78 is 20.3. The Balaban J connectivity index is 1.44. The van der Waals surface area contributed by atoms with E-state index in [9.17, 15) is 14.3 Å². The standard InChI is InChI=1S/C19H25FN4O3/c20-16-4-6-17(7-5-16)27-13-19(26)8-2-10-23(12-9-19)18(25)3-1-11-24-15-21-14-22-24/h4-7,14-15,26H,1-3,8-13H2. The lowest BCUT2D eigenvalue weighted by Crippen LogP contribution is -2.38. The molecule has 1 amide bonds. The molecule has 3 rings (SSSR count). The maximum atomic E-state index is 12.9. The third-order valence-electron chi connectivity index (χ3n) is 4.84. The molecule has 0 aliphatic carbocycles. The van der Waals surface area contributed by atoms with Crippen LogP contribution in [0.15, 0.2) is 36.9 Å². The number of hydrogen-bond donors (Lipinski definition) is 1. The summed E-state index contributed by atoms with van der Waals surface area (Å²) in [5.74, 6) is 0.294. The fourth-order valence-corrected chi connectivity index (χ4v) is 3.22. The molecule has 0 spiro atoms. The summed E-state index contributed by atoms with van der Waals surface area (Å²) in [6, 6.07) is 5.74. The van der Waals surface area contributed by atoms with E-state index < -0.39 is 5.60 Å². The lowest BCUT2D eigenvalue weighted by molar-refractivity contribution is -0.131. The molecule has 0 bridgehead atoms. The monoisotopic (exact) mass is 376 g/mol. The zero-order valence-corrected chi connectivity index (χ0v) is 15.3. The first-order valence-corrected chi connectivity index (χ1v) is 9.25. The Labute approximate surface area is 157 Å². The number of aryl methyl sites for hydroxylation is 1. The van der Waals surface area contributed by atoms with Crippen molar-refractivity contribution in [3.63, 3.8) is 0 Å². The van der Waals surface area contributed by atoms with Crippen molar-refractivity contribution in [3.05, 3.63) is 42.7 Å². The highest BCUT2D eigenvalue weighted by Crippen LogP contribution is 2.24. The molecule has 1 N–H and O–H groups in total. The maximum Gasteiger partial charge on any atom is 0.222 e. The molecule has 1 aromatic heterocycles. The van der Waals surface area contributed by atoms with E-state index >= 15 is 0 Å². The number of rotatable bonds is 7. The summed E-state index contributed by atoms with van der Waals surface area (Å²) in [6.45, 7) is 1.94. The first kappa shape index (κ1) is 19.3. The van der Waals surface area contributed by atoms with E-state index in [0.717, 1.165) is 6.42 Å². The Morgan fingerprint density at radius 1 is 1.26 bits per heavy atom. The molecule has 0 saturated carbocycles. The molecule has 1 aliphatic heterocycles. The van der Waals surface area contributed by atoms with E-state index in [2.05, 4.69) is 10.1 Å². The minimum atomic E-state index is -0.982. The molecular formula is C19H25FN4O3. The van der Waals surface area contributed by atoms with Gasteiger partial charge >= 0.3 is 0 Å². The molecule has 2 aromatic rings. The van der Waals surface area contributed by atoms with E-state index in [0.29, 0.717) is 51.1 Å². The van der Waals surface area contributed by atoms with Crippen LogP contribution in [0.25, 0.3) is 0 Å². The number of likely N-dealkylation sites (tertiary alicyclic amines) is 1. The number of aromatic nitrogens is 3. The average Bonchev–Trinajstić information content (AvgIpc) is 3.10. The smallest absolute Gasteiger partial charge is 0.222 e. The van der Waals surface area contributed by atoms with Gasteiger partial charge < -0.3 is 14.7 Å². The summed E-state index contributed by atoms with van der Waals surface area (Å²) in [5, 5.41) is 14.8. The molecule has 0 radical (unpaired) electrons. The van der Waals surface area contributed by atoms with Crippen molar-refractivity contribution in [3.8, 4) is 5.75 Å². The van der Waals surface area contributed by atoms with E-state index in [4.69, 9.17) is 4.74 Å². The lowest BCUT2D eigenvalue weighted by atomic mass is 9.96. The largest absolute Gasteiger partial charge is 0.491 e. The zero-order valence-electron chi connectivity index (χ0n) is 15.3. The number of nitrogens with zero attached hydrogens (tertiary/aromatic N) is 4. The highest BCUT2D eigenvalue weighted by atomic mass is 19.1. The molecule has 1 unspecified atom stereocenters. The van der Waals surface area contributed by atoms with Crippen molar-refractivity contribution in [1.82, 2.24) is 19.7 Å². The van der Waals surface area contributed by atoms with Crippen LogP contribution in [-0.4, -0.2) is 56.0 Å². The van der Waals surface area contributed by atoms with Gasteiger partial charge in [0.2, 0.25) is 5.91 Å². The van der Waals surface area contributed by atoms with Gasteiger partial charge in [-0.3, -0.25) is 9.48 Å². The number of benzene rings is 1. The van der Waals surface area contributed by atoms with Crippen LogP contribution >= 0.6 is 0 Å². The van der Waals surface area contributed by atoms with Crippen LogP contribution in [0, 0.1) is 5.82 Å². The number of carbonyl (C=O) groups is 1. The van der Waals surface area contributed by atoms with Crippen LogP contribution in [0.2, 0.25) is 0 Å². The number of aliphatic hydroxyl groups is 1. The fourth-order valence-electron chi connectivity index (χ4n) is 3.22. The molecule has 2 heterocycles. The van der Waals surface area contributed by atoms with Gasteiger partial charge in [0.25, 0.3) is 0 Å². The summed E-state index contributed by atoms with van der Waals surface area (Å²) in [5.41, 5.74) is -0.982. The molecule has 8 heteroatoms.